The second kappa shape index (κ2) is 8.76. The second-order valence-electron chi connectivity index (χ2n) is 10.4. The molecule has 35 heavy (non-hydrogen) atoms. The average molecular weight is 499 g/mol. The number of amides is 1. The first kappa shape index (κ1) is 24.0. The predicted molar refractivity (Wildman–Crippen MR) is 133 cm³/mol. The van der Waals surface area contributed by atoms with Crippen LogP contribution in [0.15, 0.2) is 30.6 Å². The van der Waals surface area contributed by atoms with E-state index in [-0.39, 0.29) is 12.0 Å². The summed E-state index contributed by atoms with van der Waals surface area (Å²) in [4.78, 5) is 23.5. The number of pyridine rings is 2. The molecular formula is C26H31ClN4O4. The van der Waals surface area contributed by atoms with E-state index in [1.165, 1.54) is 0 Å². The van der Waals surface area contributed by atoms with Crippen molar-refractivity contribution >= 4 is 28.6 Å². The third-order valence-corrected chi connectivity index (χ3v) is 6.91. The smallest absolute Gasteiger partial charge is 0.410 e. The standard InChI is InChI=1S/C26H31ClN4O4/c1-16-8-21(26(33-5)6-7-34-15-26)29-23(9-16)31-14-19(18-11-28-22(27)10-20(18)31)17-12-30(13-17)24(32)35-25(2,3)4/h8-11,14,17H,6-7,12-13,15H2,1-5H3/t26-/m0/s1. The Labute approximate surface area is 210 Å². The molecule has 1 atom stereocenters. The quantitative estimate of drug-likeness (QED) is 0.472. The fourth-order valence-electron chi connectivity index (χ4n) is 4.81. The zero-order chi connectivity index (χ0) is 25.0. The number of halogens is 1. The lowest BCUT2D eigenvalue weighted by Gasteiger charge is -2.39. The number of carbonyl (C=O) groups excluding carboxylic acids is 1. The molecule has 0 unspecified atom stereocenters. The van der Waals surface area contributed by atoms with Crippen LogP contribution >= 0.6 is 11.6 Å². The summed E-state index contributed by atoms with van der Waals surface area (Å²) in [6.07, 6.45) is 4.37. The van der Waals surface area contributed by atoms with Crippen LogP contribution in [-0.2, 0) is 19.8 Å². The first-order chi connectivity index (χ1) is 16.6. The van der Waals surface area contributed by atoms with Gasteiger partial charge in [0.25, 0.3) is 0 Å². The Morgan fingerprint density at radius 1 is 1.26 bits per heavy atom. The number of ether oxygens (including phenoxy) is 3. The Balaban J connectivity index is 1.51. The van der Waals surface area contributed by atoms with E-state index in [0.717, 1.165) is 40.0 Å². The number of aryl methyl sites for hydroxylation is 1. The van der Waals surface area contributed by atoms with Gasteiger partial charge in [0, 0.05) is 63.0 Å². The number of nitrogens with zero attached hydrogens (tertiary/aromatic N) is 4. The van der Waals surface area contributed by atoms with Gasteiger partial charge in [-0.3, -0.25) is 0 Å². The number of hydrogen-bond acceptors (Lipinski definition) is 6. The molecule has 5 heterocycles. The maximum absolute atomic E-state index is 12.4. The SMILES string of the molecule is CO[C@@]1(c2cc(C)cc(-n3cc(C4CN(C(=O)OC(C)(C)C)C4)c4cnc(Cl)cc43)n2)CCOC1. The Kier molecular flexibility index (Phi) is 6.02. The van der Waals surface area contributed by atoms with Crippen molar-refractivity contribution in [1.82, 2.24) is 19.4 Å². The number of rotatable bonds is 4. The molecule has 5 rings (SSSR count). The molecule has 2 saturated heterocycles. The highest BCUT2D eigenvalue weighted by Crippen LogP contribution is 2.37. The Bertz CT molecular complexity index is 1270. The van der Waals surface area contributed by atoms with Crippen LogP contribution in [0.2, 0.25) is 5.15 Å². The van der Waals surface area contributed by atoms with Crippen molar-refractivity contribution in [3.63, 3.8) is 0 Å². The number of carbonyl (C=O) groups is 1. The molecule has 0 aliphatic carbocycles. The topological polar surface area (TPSA) is 78.7 Å². The molecule has 2 aliphatic rings. The summed E-state index contributed by atoms with van der Waals surface area (Å²) in [7, 11) is 1.71. The van der Waals surface area contributed by atoms with Gasteiger partial charge >= 0.3 is 6.09 Å². The third-order valence-electron chi connectivity index (χ3n) is 6.71. The number of aromatic nitrogens is 3. The zero-order valence-corrected chi connectivity index (χ0v) is 21.6. The van der Waals surface area contributed by atoms with Gasteiger partial charge in [0.05, 0.1) is 17.8 Å². The Morgan fingerprint density at radius 2 is 2.03 bits per heavy atom. The first-order valence-electron chi connectivity index (χ1n) is 11.9. The predicted octanol–water partition coefficient (Wildman–Crippen LogP) is 4.98. The molecule has 0 saturated carbocycles. The van der Waals surface area contributed by atoms with E-state index in [0.29, 0.717) is 31.5 Å². The summed E-state index contributed by atoms with van der Waals surface area (Å²) in [5.41, 5.74) is 2.91. The second-order valence-corrected chi connectivity index (χ2v) is 10.8. The normalized spacial score (nSPS) is 20.9. The van der Waals surface area contributed by atoms with E-state index in [1.54, 1.807) is 18.2 Å². The third kappa shape index (κ3) is 4.50. The van der Waals surface area contributed by atoms with Gasteiger partial charge in [-0.1, -0.05) is 11.6 Å². The van der Waals surface area contributed by atoms with Crippen molar-refractivity contribution in [2.45, 2.75) is 51.2 Å². The van der Waals surface area contributed by atoms with Crippen LogP contribution in [0.3, 0.4) is 0 Å². The number of hydrogen-bond donors (Lipinski definition) is 0. The van der Waals surface area contributed by atoms with E-state index in [9.17, 15) is 4.79 Å². The number of fused-ring (bicyclic) bond motifs is 1. The molecule has 2 aliphatic heterocycles. The molecule has 0 radical (unpaired) electrons. The van der Waals surface area contributed by atoms with Crippen LogP contribution in [0, 0.1) is 6.92 Å². The lowest BCUT2D eigenvalue weighted by molar-refractivity contribution is -0.0246. The largest absolute Gasteiger partial charge is 0.444 e. The van der Waals surface area contributed by atoms with Crippen LogP contribution in [0.5, 0.6) is 0 Å². The van der Waals surface area contributed by atoms with Crippen LogP contribution < -0.4 is 0 Å². The van der Waals surface area contributed by atoms with Gasteiger partial charge in [-0.25, -0.2) is 14.8 Å². The summed E-state index contributed by atoms with van der Waals surface area (Å²) in [6, 6.07) is 5.97. The summed E-state index contributed by atoms with van der Waals surface area (Å²) < 4.78 is 19.1. The van der Waals surface area contributed by atoms with Crippen molar-refractivity contribution < 1.29 is 19.0 Å². The number of methoxy groups -OCH3 is 1. The molecule has 8 nitrogen and oxygen atoms in total. The highest BCUT2D eigenvalue weighted by Gasteiger charge is 2.39. The van der Waals surface area contributed by atoms with Crippen molar-refractivity contribution in [2.75, 3.05) is 33.4 Å². The van der Waals surface area contributed by atoms with E-state index in [4.69, 9.17) is 30.8 Å². The molecular weight excluding hydrogens is 468 g/mol. The molecule has 9 heteroatoms. The van der Waals surface area contributed by atoms with Gasteiger partial charge in [0.15, 0.2) is 0 Å². The fourth-order valence-corrected chi connectivity index (χ4v) is 4.96. The minimum absolute atomic E-state index is 0.173. The molecule has 0 spiro atoms. The van der Waals surface area contributed by atoms with Crippen LogP contribution in [0.25, 0.3) is 16.7 Å². The first-order valence-corrected chi connectivity index (χ1v) is 12.2. The van der Waals surface area contributed by atoms with Crippen molar-refractivity contribution in [3.05, 3.63) is 52.6 Å². The van der Waals surface area contributed by atoms with E-state index in [2.05, 4.69) is 28.7 Å². The number of likely N-dealkylation sites (tertiary alicyclic amines) is 1. The van der Waals surface area contributed by atoms with E-state index < -0.39 is 11.2 Å². The molecule has 2 fully saturated rings. The molecule has 3 aromatic heterocycles. The lowest BCUT2D eigenvalue weighted by atomic mass is 9.92. The van der Waals surface area contributed by atoms with Gasteiger partial charge in [-0.2, -0.15) is 0 Å². The molecule has 3 aromatic rings. The van der Waals surface area contributed by atoms with E-state index in [1.807, 2.05) is 32.9 Å². The van der Waals surface area contributed by atoms with Crippen molar-refractivity contribution in [1.29, 1.82) is 0 Å². The maximum atomic E-state index is 12.4. The van der Waals surface area contributed by atoms with Crippen molar-refractivity contribution in [2.24, 2.45) is 0 Å². The summed E-state index contributed by atoms with van der Waals surface area (Å²) in [6.45, 7) is 9.99. The average Bonchev–Trinajstić information content (AvgIpc) is 3.37. The molecule has 0 bridgehead atoms. The minimum Gasteiger partial charge on any atom is -0.444 e. The Morgan fingerprint density at radius 3 is 2.69 bits per heavy atom. The van der Waals surface area contributed by atoms with Gasteiger partial charge in [0.2, 0.25) is 0 Å². The van der Waals surface area contributed by atoms with Crippen LogP contribution in [0.4, 0.5) is 4.79 Å². The minimum atomic E-state index is -0.548. The lowest BCUT2D eigenvalue weighted by Crippen LogP contribution is -2.50. The van der Waals surface area contributed by atoms with Gasteiger partial charge < -0.3 is 23.7 Å². The van der Waals surface area contributed by atoms with Crippen LogP contribution in [-0.4, -0.2) is 64.5 Å². The molecule has 1 amide bonds. The van der Waals surface area contributed by atoms with Crippen molar-refractivity contribution in [3.8, 4) is 5.82 Å². The fraction of sp³-hybridized carbons (Fsp3) is 0.500. The monoisotopic (exact) mass is 498 g/mol. The van der Waals surface area contributed by atoms with Gasteiger partial charge in [-0.05, 0) is 51.0 Å². The summed E-state index contributed by atoms with van der Waals surface area (Å²) in [5.74, 6) is 0.956. The summed E-state index contributed by atoms with van der Waals surface area (Å²) in [5, 5.41) is 1.41. The zero-order valence-electron chi connectivity index (χ0n) is 20.8. The Hall–Kier alpha value is -2.68. The van der Waals surface area contributed by atoms with E-state index >= 15 is 0 Å². The highest BCUT2D eigenvalue weighted by molar-refractivity contribution is 6.30. The van der Waals surface area contributed by atoms with Gasteiger partial charge in [-0.15, -0.1) is 0 Å². The maximum Gasteiger partial charge on any atom is 0.410 e. The van der Waals surface area contributed by atoms with Crippen LogP contribution in [0.1, 0.15) is 49.9 Å². The molecule has 186 valence electrons. The molecule has 0 N–H and O–H groups in total. The highest BCUT2D eigenvalue weighted by atomic mass is 35.5. The van der Waals surface area contributed by atoms with Gasteiger partial charge in [0.1, 0.15) is 22.2 Å². The molecule has 0 aromatic carbocycles. The summed E-state index contributed by atoms with van der Waals surface area (Å²) >= 11 is 6.30.